The Kier molecular flexibility index (Phi) is 6.59. The number of carbonyl (C=O) groups is 3. The molecule has 0 bridgehead atoms. The second-order valence-corrected chi connectivity index (χ2v) is 9.41. The standard InChI is InChI=1S/C29H27N3O6/c1-17(2)38-29(36)20-5-4-6-21(15-20)32-25(18-9-11-30-12-10-18)24(27(34)28(32)35)26(33)19-7-8-23-22(16-19)31(3)13-14-37-23/h4-12,15-17,25,33H,13-14H2,1-3H3/b26-24-. The highest BCUT2D eigenvalue weighted by Crippen LogP contribution is 2.43. The lowest BCUT2D eigenvalue weighted by atomic mass is 9.95. The Bertz CT molecular complexity index is 1450. The fraction of sp³-hybridized carbons (Fsp3) is 0.241. The van der Waals surface area contributed by atoms with Gasteiger partial charge in [0, 0.05) is 30.7 Å². The van der Waals surface area contributed by atoms with E-state index in [1.165, 1.54) is 11.0 Å². The summed E-state index contributed by atoms with van der Waals surface area (Å²) in [5, 5.41) is 11.5. The minimum atomic E-state index is -0.945. The molecule has 5 rings (SSSR count). The molecule has 2 aliphatic heterocycles. The summed E-state index contributed by atoms with van der Waals surface area (Å²) in [7, 11) is 1.92. The predicted octanol–water partition coefficient (Wildman–Crippen LogP) is 4.10. The van der Waals surface area contributed by atoms with Crippen LogP contribution in [0.3, 0.4) is 0 Å². The number of Topliss-reactive ketones (excluding diaryl/α,β-unsaturated/α-hetero) is 1. The van der Waals surface area contributed by atoms with Gasteiger partial charge in [-0.2, -0.15) is 0 Å². The summed E-state index contributed by atoms with van der Waals surface area (Å²) in [6.07, 6.45) is 2.78. The Hall–Kier alpha value is -4.66. The number of carbonyl (C=O) groups excluding carboxylic acids is 3. The van der Waals surface area contributed by atoms with E-state index in [9.17, 15) is 19.5 Å². The molecule has 0 spiro atoms. The van der Waals surface area contributed by atoms with Crippen molar-refractivity contribution < 1.29 is 29.0 Å². The number of nitrogens with zero attached hydrogens (tertiary/aromatic N) is 3. The first kappa shape index (κ1) is 25.0. The minimum absolute atomic E-state index is 0.0595. The maximum absolute atomic E-state index is 13.5. The monoisotopic (exact) mass is 513 g/mol. The van der Waals surface area contributed by atoms with Crippen LogP contribution in [0.4, 0.5) is 11.4 Å². The van der Waals surface area contributed by atoms with Gasteiger partial charge >= 0.3 is 5.97 Å². The molecule has 1 unspecified atom stereocenters. The second-order valence-electron chi connectivity index (χ2n) is 9.41. The van der Waals surface area contributed by atoms with Gasteiger partial charge in [-0.3, -0.25) is 19.5 Å². The first-order chi connectivity index (χ1) is 18.3. The number of ketones is 1. The number of pyridine rings is 1. The topological polar surface area (TPSA) is 109 Å². The Labute approximate surface area is 219 Å². The van der Waals surface area contributed by atoms with Gasteiger partial charge in [0.1, 0.15) is 18.1 Å². The van der Waals surface area contributed by atoms with Crippen molar-refractivity contribution in [3.63, 3.8) is 0 Å². The maximum atomic E-state index is 13.5. The molecule has 0 saturated carbocycles. The van der Waals surface area contributed by atoms with Crippen molar-refractivity contribution in [3.8, 4) is 5.75 Å². The van der Waals surface area contributed by atoms with Crippen LogP contribution < -0.4 is 14.5 Å². The van der Waals surface area contributed by atoms with Crippen molar-refractivity contribution in [3.05, 3.63) is 89.3 Å². The number of hydrogen-bond donors (Lipinski definition) is 1. The highest BCUT2D eigenvalue weighted by Gasteiger charge is 2.47. The maximum Gasteiger partial charge on any atom is 0.338 e. The molecule has 0 radical (unpaired) electrons. The summed E-state index contributed by atoms with van der Waals surface area (Å²) in [5.41, 5.74) is 2.23. The quantitative estimate of drug-likeness (QED) is 0.235. The van der Waals surface area contributed by atoms with E-state index in [2.05, 4.69) is 4.98 Å². The molecule has 1 saturated heterocycles. The van der Waals surface area contributed by atoms with E-state index in [0.717, 1.165) is 5.69 Å². The zero-order valence-corrected chi connectivity index (χ0v) is 21.2. The molecule has 38 heavy (non-hydrogen) atoms. The third kappa shape index (κ3) is 4.47. The predicted molar refractivity (Wildman–Crippen MR) is 141 cm³/mol. The van der Waals surface area contributed by atoms with Crippen LogP contribution in [-0.4, -0.2) is 54.1 Å². The zero-order valence-electron chi connectivity index (χ0n) is 21.2. The highest BCUT2D eigenvalue weighted by molar-refractivity contribution is 6.51. The first-order valence-electron chi connectivity index (χ1n) is 12.3. The molecule has 3 heterocycles. The van der Waals surface area contributed by atoms with Crippen molar-refractivity contribution in [2.45, 2.75) is 26.0 Å². The number of anilines is 2. The summed E-state index contributed by atoms with van der Waals surface area (Å²) in [6, 6.07) is 13.9. The van der Waals surface area contributed by atoms with Crippen LogP contribution >= 0.6 is 0 Å². The third-order valence-electron chi connectivity index (χ3n) is 6.50. The smallest absolute Gasteiger partial charge is 0.338 e. The van der Waals surface area contributed by atoms with Crippen LogP contribution in [0.5, 0.6) is 5.75 Å². The van der Waals surface area contributed by atoms with Crippen molar-refractivity contribution in [1.29, 1.82) is 0 Å². The first-order valence-corrected chi connectivity index (χ1v) is 12.3. The number of benzene rings is 2. The summed E-state index contributed by atoms with van der Waals surface area (Å²) in [5.74, 6) is -1.82. The van der Waals surface area contributed by atoms with Gasteiger partial charge in [-0.05, 0) is 67.9 Å². The molecule has 9 nitrogen and oxygen atoms in total. The van der Waals surface area contributed by atoms with E-state index in [1.807, 2.05) is 11.9 Å². The van der Waals surface area contributed by atoms with Gasteiger partial charge in [-0.15, -0.1) is 0 Å². The number of ether oxygens (including phenoxy) is 2. The van der Waals surface area contributed by atoms with E-state index in [4.69, 9.17) is 9.47 Å². The van der Waals surface area contributed by atoms with Crippen molar-refractivity contribution in [2.75, 3.05) is 30.0 Å². The molecule has 194 valence electrons. The van der Waals surface area contributed by atoms with E-state index in [1.54, 1.807) is 74.8 Å². The zero-order chi connectivity index (χ0) is 27.0. The number of aliphatic hydroxyl groups excluding tert-OH is 1. The lowest BCUT2D eigenvalue weighted by molar-refractivity contribution is -0.132. The van der Waals surface area contributed by atoms with Gasteiger partial charge in [-0.25, -0.2) is 4.79 Å². The summed E-state index contributed by atoms with van der Waals surface area (Å²) in [6.45, 7) is 4.71. The van der Waals surface area contributed by atoms with Crippen LogP contribution in [0.25, 0.3) is 5.76 Å². The molecule has 3 aromatic rings. The Morgan fingerprint density at radius 3 is 2.58 bits per heavy atom. The van der Waals surface area contributed by atoms with Crippen LogP contribution in [0.1, 0.15) is 41.4 Å². The Morgan fingerprint density at radius 2 is 1.84 bits per heavy atom. The molecule has 1 atom stereocenters. The Morgan fingerprint density at radius 1 is 1.08 bits per heavy atom. The number of hydrogen-bond acceptors (Lipinski definition) is 8. The molecule has 2 aromatic carbocycles. The third-order valence-corrected chi connectivity index (χ3v) is 6.50. The van der Waals surface area contributed by atoms with Crippen molar-refractivity contribution in [2.24, 2.45) is 0 Å². The molecule has 1 amide bonds. The number of likely N-dealkylation sites (N-methyl/N-ethyl adjacent to an activating group) is 1. The van der Waals surface area contributed by atoms with E-state index in [0.29, 0.717) is 35.7 Å². The van der Waals surface area contributed by atoms with E-state index in [-0.39, 0.29) is 23.0 Å². The van der Waals surface area contributed by atoms with Gasteiger partial charge in [-0.1, -0.05) is 6.07 Å². The number of aromatic nitrogens is 1. The van der Waals surface area contributed by atoms with Crippen LogP contribution in [-0.2, 0) is 14.3 Å². The molecule has 0 aliphatic carbocycles. The number of esters is 1. The number of fused-ring (bicyclic) bond motifs is 1. The van der Waals surface area contributed by atoms with Gasteiger partial charge in [0.2, 0.25) is 0 Å². The molecular weight excluding hydrogens is 486 g/mol. The van der Waals surface area contributed by atoms with Crippen molar-refractivity contribution >= 4 is 34.8 Å². The summed E-state index contributed by atoms with van der Waals surface area (Å²) in [4.78, 5) is 46.8. The summed E-state index contributed by atoms with van der Waals surface area (Å²) < 4.78 is 11.0. The van der Waals surface area contributed by atoms with Crippen molar-refractivity contribution in [1.82, 2.24) is 4.98 Å². The SMILES string of the molecule is CC(C)OC(=O)c1cccc(N2C(=O)C(=O)/C(=C(\O)c3ccc4c(c3)N(C)CCO4)C2c2ccncc2)c1. The molecule has 1 N–H and O–H groups in total. The lowest BCUT2D eigenvalue weighted by Crippen LogP contribution is -2.29. The van der Waals surface area contributed by atoms with Crippen LogP contribution in [0.2, 0.25) is 0 Å². The van der Waals surface area contributed by atoms with E-state index >= 15 is 0 Å². The Balaban J connectivity index is 1.64. The largest absolute Gasteiger partial charge is 0.507 e. The van der Waals surface area contributed by atoms with E-state index < -0.39 is 23.7 Å². The highest BCUT2D eigenvalue weighted by atomic mass is 16.5. The molecule has 1 fully saturated rings. The van der Waals surface area contributed by atoms with Crippen LogP contribution in [0, 0.1) is 0 Å². The number of rotatable bonds is 5. The molecule has 2 aliphatic rings. The van der Waals surface area contributed by atoms with Gasteiger partial charge in [0.05, 0.1) is 35.5 Å². The van der Waals surface area contributed by atoms with Gasteiger partial charge < -0.3 is 19.5 Å². The molecular formula is C29H27N3O6. The minimum Gasteiger partial charge on any atom is -0.507 e. The summed E-state index contributed by atoms with van der Waals surface area (Å²) >= 11 is 0. The lowest BCUT2D eigenvalue weighted by Gasteiger charge is -2.28. The average Bonchev–Trinajstić information content (AvgIpc) is 3.18. The second kappa shape index (κ2) is 10.0. The molecule has 9 heteroatoms. The fourth-order valence-electron chi connectivity index (χ4n) is 4.68. The average molecular weight is 514 g/mol. The fourth-order valence-corrected chi connectivity index (χ4v) is 4.68. The normalized spacial score (nSPS) is 18.4. The molecule has 1 aromatic heterocycles. The van der Waals surface area contributed by atoms with Gasteiger partial charge in [0.15, 0.2) is 0 Å². The van der Waals surface area contributed by atoms with Gasteiger partial charge in [0.25, 0.3) is 11.7 Å². The number of aliphatic hydroxyl groups is 1. The number of amides is 1. The van der Waals surface area contributed by atoms with Crippen LogP contribution in [0.15, 0.2) is 72.6 Å².